The van der Waals surface area contributed by atoms with Gasteiger partial charge in [-0.15, -0.1) is 0 Å². The zero-order chi connectivity index (χ0) is 20.2. The summed E-state index contributed by atoms with van der Waals surface area (Å²) < 4.78 is 60.7. The first kappa shape index (κ1) is 21.5. The molecule has 0 spiro atoms. The van der Waals surface area contributed by atoms with Crippen LogP contribution in [0.2, 0.25) is 0 Å². The van der Waals surface area contributed by atoms with Gasteiger partial charge in [-0.1, -0.05) is 12.1 Å². The number of hydrogen-bond acceptors (Lipinski definition) is 4. The van der Waals surface area contributed by atoms with Crippen LogP contribution in [0.3, 0.4) is 0 Å². The Kier molecular flexibility index (Phi) is 6.74. The van der Waals surface area contributed by atoms with E-state index in [1.165, 1.54) is 11.2 Å². The summed E-state index contributed by atoms with van der Waals surface area (Å²) in [6, 6.07) is 4.98. The Labute approximate surface area is 157 Å². The standard InChI is InChI=1S/C17H25F3N4O2S/c1-12-8-13(4-5-15(12)27(3,25)26)9-22-16(21-2)23-14-6-7-24(10-14)11-17(18,19)20/h4-5,8,14H,6-7,9-11H2,1-3H3,(H2,21,22,23). The number of benzene rings is 1. The molecule has 1 aromatic carbocycles. The molecule has 2 rings (SSSR count). The van der Waals surface area contributed by atoms with E-state index < -0.39 is 22.6 Å². The molecular formula is C17H25F3N4O2S. The van der Waals surface area contributed by atoms with Crippen molar-refractivity contribution in [1.29, 1.82) is 0 Å². The fourth-order valence-electron chi connectivity index (χ4n) is 3.16. The number of nitrogens with zero attached hydrogens (tertiary/aromatic N) is 2. The van der Waals surface area contributed by atoms with E-state index in [9.17, 15) is 21.6 Å². The zero-order valence-electron chi connectivity index (χ0n) is 15.6. The number of halogens is 3. The molecule has 1 aliphatic rings. The number of aliphatic imine (C=N–C) groups is 1. The minimum Gasteiger partial charge on any atom is -0.352 e. The number of alkyl halides is 3. The normalized spacial score (nSPS) is 19.3. The van der Waals surface area contributed by atoms with Gasteiger partial charge in [-0.05, 0) is 30.5 Å². The number of rotatable bonds is 5. The second-order valence-electron chi connectivity index (χ2n) is 6.78. The van der Waals surface area contributed by atoms with Crippen LogP contribution in [0.25, 0.3) is 0 Å². The van der Waals surface area contributed by atoms with Crippen molar-refractivity contribution in [3.8, 4) is 0 Å². The van der Waals surface area contributed by atoms with Crippen molar-refractivity contribution in [3.63, 3.8) is 0 Å². The summed E-state index contributed by atoms with van der Waals surface area (Å²) in [4.78, 5) is 5.77. The fourth-order valence-corrected chi connectivity index (χ4v) is 4.12. The van der Waals surface area contributed by atoms with Gasteiger partial charge in [-0.2, -0.15) is 13.2 Å². The van der Waals surface area contributed by atoms with Crippen LogP contribution in [0.5, 0.6) is 0 Å². The Morgan fingerprint density at radius 3 is 2.63 bits per heavy atom. The number of aryl methyl sites for hydroxylation is 1. The van der Waals surface area contributed by atoms with Crippen molar-refractivity contribution in [3.05, 3.63) is 29.3 Å². The number of nitrogens with one attached hydrogen (secondary N) is 2. The van der Waals surface area contributed by atoms with Crippen molar-refractivity contribution in [2.45, 2.75) is 37.0 Å². The van der Waals surface area contributed by atoms with E-state index in [1.807, 2.05) is 0 Å². The SMILES string of the molecule is CN=C(NCc1ccc(S(C)(=O)=O)c(C)c1)NC1CCN(CC(F)(F)F)C1. The molecule has 1 atom stereocenters. The third kappa shape index (κ3) is 6.69. The quantitative estimate of drug-likeness (QED) is 0.575. The van der Waals surface area contributed by atoms with Gasteiger partial charge < -0.3 is 10.6 Å². The maximum absolute atomic E-state index is 12.5. The predicted octanol–water partition coefficient (Wildman–Crippen LogP) is 1.70. The average Bonchev–Trinajstić information content (AvgIpc) is 2.95. The van der Waals surface area contributed by atoms with Gasteiger partial charge >= 0.3 is 6.18 Å². The minimum atomic E-state index is -4.19. The molecule has 1 heterocycles. The third-order valence-electron chi connectivity index (χ3n) is 4.34. The topological polar surface area (TPSA) is 73.8 Å². The van der Waals surface area contributed by atoms with Gasteiger partial charge in [-0.3, -0.25) is 9.89 Å². The van der Waals surface area contributed by atoms with Gasteiger partial charge in [0, 0.05) is 39.0 Å². The lowest BCUT2D eigenvalue weighted by Gasteiger charge is -2.20. The molecule has 27 heavy (non-hydrogen) atoms. The Morgan fingerprint density at radius 2 is 2.07 bits per heavy atom. The second-order valence-corrected chi connectivity index (χ2v) is 8.76. The molecule has 1 saturated heterocycles. The van der Waals surface area contributed by atoms with E-state index in [2.05, 4.69) is 15.6 Å². The number of hydrogen-bond donors (Lipinski definition) is 2. The summed E-state index contributed by atoms with van der Waals surface area (Å²) in [5.41, 5.74) is 1.55. The molecular weight excluding hydrogens is 381 g/mol. The lowest BCUT2D eigenvalue weighted by atomic mass is 10.1. The van der Waals surface area contributed by atoms with E-state index in [1.54, 1.807) is 32.2 Å². The van der Waals surface area contributed by atoms with Crippen LogP contribution in [0, 0.1) is 6.92 Å². The van der Waals surface area contributed by atoms with E-state index in [0.29, 0.717) is 42.5 Å². The molecule has 1 unspecified atom stereocenters. The molecule has 2 N–H and O–H groups in total. The first-order valence-electron chi connectivity index (χ1n) is 8.54. The molecule has 0 amide bonds. The lowest BCUT2D eigenvalue weighted by Crippen LogP contribution is -2.44. The van der Waals surface area contributed by atoms with Gasteiger partial charge in [-0.25, -0.2) is 8.42 Å². The van der Waals surface area contributed by atoms with Gasteiger partial charge in [0.2, 0.25) is 0 Å². The molecule has 0 bridgehead atoms. The van der Waals surface area contributed by atoms with Crippen molar-refractivity contribution in [2.75, 3.05) is 32.9 Å². The lowest BCUT2D eigenvalue weighted by molar-refractivity contribution is -0.143. The molecule has 1 aliphatic heterocycles. The van der Waals surface area contributed by atoms with E-state index in [0.717, 1.165) is 5.56 Å². The molecule has 10 heteroatoms. The average molecular weight is 406 g/mol. The Balaban J connectivity index is 1.89. The highest BCUT2D eigenvalue weighted by atomic mass is 32.2. The van der Waals surface area contributed by atoms with Crippen LogP contribution in [0.15, 0.2) is 28.1 Å². The summed E-state index contributed by atoms with van der Waals surface area (Å²) in [7, 11) is -1.67. The summed E-state index contributed by atoms with van der Waals surface area (Å²) in [6.07, 6.45) is -2.41. The smallest absolute Gasteiger partial charge is 0.352 e. The molecule has 0 aromatic heterocycles. The van der Waals surface area contributed by atoms with Crippen molar-refractivity contribution < 1.29 is 21.6 Å². The zero-order valence-corrected chi connectivity index (χ0v) is 16.4. The van der Waals surface area contributed by atoms with Gasteiger partial charge in [0.15, 0.2) is 15.8 Å². The number of sulfone groups is 1. The number of likely N-dealkylation sites (tertiary alicyclic amines) is 1. The maximum atomic E-state index is 12.5. The molecule has 0 saturated carbocycles. The van der Waals surface area contributed by atoms with E-state index >= 15 is 0 Å². The van der Waals surface area contributed by atoms with Crippen molar-refractivity contribution >= 4 is 15.8 Å². The van der Waals surface area contributed by atoms with Crippen LogP contribution >= 0.6 is 0 Å². The van der Waals surface area contributed by atoms with Gasteiger partial charge in [0.05, 0.1) is 11.4 Å². The summed E-state index contributed by atoms with van der Waals surface area (Å²) in [5, 5.41) is 6.25. The van der Waals surface area contributed by atoms with E-state index in [4.69, 9.17) is 0 Å². The monoisotopic (exact) mass is 406 g/mol. The molecule has 0 aliphatic carbocycles. The Hall–Kier alpha value is -1.81. The molecule has 0 radical (unpaired) electrons. The summed E-state index contributed by atoms with van der Waals surface area (Å²) in [6.45, 7) is 1.95. The highest BCUT2D eigenvalue weighted by molar-refractivity contribution is 7.90. The Morgan fingerprint density at radius 1 is 1.37 bits per heavy atom. The van der Waals surface area contributed by atoms with Crippen LogP contribution in [0.1, 0.15) is 17.5 Å². The minimum absolute atomic E-state index is 0.104. The summed E-state index contributed by atoms with van der Waals surface area (Å²) >= 11 is 0. The largest absolute Gasteiger partial charge is 0.401 e. The summed E-state index contributed by atoms with van der Waals surface area (Å²) in [5.74, 6) is 0.499. The maximum Gasteiger partial charge on any atom is 0.401 e. The van der Waals surface area contributed by atoms with Crippen molar-refractivity contribution in [1.82, 2.24) is 15.5 Å². The molecule has 152 valence electrons. The third-order valence-corrected chi connectivity index (χ3v) is 5.60. The first-order valence-corrected chi connectivity index (χ1v) is 10.4. The second kappa shape index (κ2) is 8.47. The van der Waals surface area contributed by atoms with Gasteiger partial charge in [0.1, 0.15) is 0 Å². The van der Waals surface area contributed by atoms with Gasteiger partial charge in [0.25, 0.3) is 0 Å². The first-order chi connectivity index (χ1) is 12.5. The van der Waals surface area contributed by atoms with Crippen LogP contribution in [-0.4, -0.2) is 64.4 Å². The van der Waals surface area contributed by atoms with Crippen molar-refractivity contribution in [2.24, 2.45) is 4.99 Å². The van der Waals surface area contributed by atoms with Crippen LogP contribution < -0.4 is 10.6 Å². The predicted molar refractivity (Wildman–Crippen MR) is 98.5 cm³/mol. The highest BCUT2D eigenvalue weighted by Gasteiger charge is 2.34. The molecule has 1 aromatic rings. The Bertz CT molecular complexity index is 794. The molecule has 1 fully saturated rings. The molecule has 6 nitrogen and oxygen atoms in total. The number of guanidine groups is 1. The van der Waals surface area contributed by atoms with E-state index in [-0.39, 0.29) is 6.04 Å². The van der Waals surface area contributed by atoms with Crippen LogP contribution in [0.4, 0.5) is 13.2 Å². The van der Waals surface area contributed by atoms with Crippen LogP contribution in [-0.2, 0) is 16.4 Å². The highest BCUT2D eigenvalue weighted by Crippen LogP contribution is 2.20. The fraction of sp³-hybridized carbons (Fsp3) is 0.588.